The van der Waals surface area contributed by atoms with Gasteiger partial charge in [0.1, 0.15) is 11.6 Å². The van der Waals surface area contributed by atoms with Crippen LogP contribution in [0.15, 0.2) is 52.1 Å². The number of thioether (sulfide) groups is 1. The number of rotatable bonds is 5. The summed E-state index contributed by atoms with van der Waals surface area (Å²) in [5, 5.41) is 8.82. The molecule has 0 saturated carbocycles. The molecule has 1 heterocycles. The first-order valence-electron chi connectivity index (χ1n) is 6.71. The largest absolute Gasteiger partial charge is 0.496 e. The summed E-state index contributed by atoms with van der Waals surface area (Å²) in [5.41, 5.74) is 1.53. The molecule has 7 heteroatoms. The standard InChI is InChI=1S/C16H12ClFN2O2S/c1-21-14-5-3-2-4-12(14)15-19-20-16(22-15)23-9-10-6-7-11(18)8-13(10)17/h2-8H,9H2,1H3. The molecule has 0 atom stereocenters. The van der Waals surface area contributed by atoms with E-state index in [2.05, 4.69) is 10.2 Å². The molecule has 0 aliphatic carbocycles. The predicted octanol–water partition coefficient (Wildman–Crippen LogP) is 4.83. The van der Waals surface area contributed by atoms with E-state index in [0.717, 1.165) is 11.1 Å². The molecule has 0 fully saturated rings. The molecular weight excluding hydrogens is 339 g/mol. The van der Waals surface area contributed by atoms with Gasteiger partial charge in [0.2, 0.25) is 0 Å². The highest BCUT2D eigenvalue weighted by atomic mass is 35.5. The van der Waals surface area contributed by atoms with Crippen LogP contribution in [0, 0.1) is 5.82 Å². The summed E-state index contributed by atoms with van der Waals surface area (Å²) < 4.78 is 23.9. The van der Waals surface area contributed by atoms with Crippen LogP contribution in [0.2, 0.25) is 5.02 Å². The lowest BCUT2D eigenvalue weighted by molar-refractivity contribution is 0.411. The van der Waals surface area contributed by atoms with Crippen molar-refractivity contribution < 1.29 is 13.5 Å². The number of hydrogen-bond donors (Lipinski definition) is 0. The zero-order chi connectivity index (χ0) is 16.2. The number of hydrogen-bond acceptors (Lipinski definition) is 5. The topological polar surface area (TPSA) is 48.2 Å². The SMILES string of the molecule is COc1ccccc1-c1nnc(SCc2ccc(F)cc2Cl)o1. The molecule has 0 aliphatic heterocycles. The molecule has 0 saturated heterocycles. The van der Waals surface area contributed by atoms with Crippen LogP contribution in [0.25, 0.3) is 11.5 Å². The zero-order valence-corrected chi connectivity index (χ0v) is 13.7. The molecule has 23 heavy (non-hydrogen) atoms. The third-order valence-electron chi connectivity index (χ3n) is 3.11. The number of benzene rings is 2. The maximum Gasteiger partial charge on any atom is 0.277 e. The highest BCUT2D eigenvalue weighted by Crippen LogP contribution is 2.32. The second-order valence-electron chi connectivity index (χ2n) is 4.60. The van der Waals surface area contributed by atoms with Crippen molar-refractivity contribution in [2.45, 2.75) is 11.0 Å². The van der Waals surface area contributed by atoms with E-state index in [9.17, 15) is 4.39 Å². The monoisotopic (exact) mass is 350 g/mol. The first kappa shape index (κ1) is 15.8. The van der Waals surface area contributed by atoms with Gasteiger partial charge in [-0.25, -0.2) is 4.39 Å². The average molecular weight is 351 g/mol. The molecule has 0 aliphatic rings. The van der Waals surface area contributed by atoms with Crippen LogP contribution in [0.5, 0.6) is 5.75 Å². The first-order valence-corrected chi connectivity index (χ1v) is 8.07. The molecule has 118 valence electrons. The minimum absolute atomic E-state index is 0.361. The van der Waals surface area contributed by atoms with Crippen molar-refractivity contribution in [1.29, 1.82) is 0 Å². The van der Waals surface area contributed by atoms with Crippen LogP contribution in [0.3, 0.4) is 0 Å². The van der Waals surface area contributed by atoms with Crippen LogP contribution in [0.1, 0.15) is 5.56 Å². The Hall–Kier alpha value is -2.05. The summed E-state index contributed by atoms with van der Waals surface area (Å²) in [5.74, 6) is 1.19. The Morgan fingerprint density at radius 1 is 1.22 bits per heavy atom. The summed E-state index contributed by atoms with van der Waals surface area (Å²) in [7, 11) is 1.58. The third kappa shape index (κ3) is 3.65. The Morgan fingerprint density at radius 2 is 2.04 bits per heavy atom. The fourth-order valence-electron chi connectivity index (χ4n) is 1.98. The van der Waals surface area contributed by atoms with Crippen molar-refractivity contribution in [3.8, 4) is 17.2 Å². The van der Waals surface area contributed by atoms with Crippen LogP contribution in [0.4, 0.5) is 4.39 Å². The molecular formula is C16H12ClFN2O2S. The second kappa shape index (κ2) is 7.02. The van der Waals surface area contributed by atoms with Gasteiger partial charge in [-0.05, 0) is 29.8 Å². The van der Waals surface area contributed by atoms with E-state index in [1.165, 1.54) is 23.9 Å². The second-order valence-corrected chi connectivity index (χ2v) is 5.93. The van der Waals surface area contributed by atoms with E-state index in [-0.39, 0.29) is 5.82 Å². The van der Waals surface area contributed by atoms with Gasteiger partial charge in [-0.15, -0.1) is 10.2 Å². The molecule has 0 unspecified atom stereocenters. The summed E-state index contributed by atoms with van der Waals surface area (Å²) in [6.45, 7) is 0. The number of para-hydroxylation sites is 1. The average Bonchev–Trinajstić information content (AvgIpc) is 3.03. The number of nitrogens with zero attached hydrogens (tertiary/aromatic N) is 2. The van der Waals surface area contributed by atoms with E-state index in [1.54, 1.807) is 13.2 Å². The summed E-state index contributed by atoms with van der Waals surface area (Å²) >= 11 is 7.33. The Balaban J connectivity index is 1.75. The van der Waals surface area contributed by atoms with E-state index in [4.69, 9.17) is 20.8 Å². The highest BCUT2D eigenvalue weighted by molar-refractivity contribution is 7.98. The lowest BCUT2D eigenvalue weighted by Crippen LogP contribution is -1.87. The predicted molar refractivity (Wildman–Crippen MR) is 87.3 cm³/mol. The van der Waals surface area contributed by atoms with Crippen molar-refractivity contribution in [2.24, 2.45) is 0 Å². The fraction of sp³-hybridized carbons (Fsp3) is 0.125. The molecule has 1 aromatic heterocycles. The summed E-state index contributed by atoms with van der Waals surface area (Å²) in [6.07, 6.45) is 0. The van der Waals surface area contributed by atoms with Gasteiger partial charge in [0.05, 0.1) is 12.7 Å². The molecule has 2 aromatic carbocycles. The Morgan fingerprint density at radius 3 is 2.83 bits per heavy atom. The lowest BCUT2D eigenvalue weighted by Gasteiger charge is -2.03. The smallest absolute Gasteiger partial charge is 0.277 e. The molecule has 3 rings (SSSR count). The van der Waals surface area contributed by atoms with Gasteiger partial charge in [0.25, 0.3) is 11.1 Å². The van der Waals surface area contributed by atoms with E-state index in [0.29, 0.717) is 27.6 Å². The normalized spacial score (nSPS) is 10.7. The third-order valence-corrected chi connectivity index (χ3v) is 4.33. The highest BCUT2D eigenvalue weighted by Gasteiger charge is 2.13. The number of methoxy groups -OCH3 is 1. The Bertz CT molecular complexity index is 825. The summed E-state index contributed by atoms with van der Waals surface area (Å²) in [4.78, 5) is 0. The summed E-state index contributed by atoms with van der Waals surface area (Å²) in [6, 6.07) is 11.7. The van der Waals surface area contributed by atoms with Gasteiger partial charge in [-0.1, -0.05) is 41.6 Å². The van der Waals surface area contributed by atoms with Crippen molar-refractivity contribution >= 4 is 23.4 Å². The van der Waals surface area contributed by atoms with Gasteiger partial charge < -0.3 is 9.15 Å². The van der Waals surface area contributed by atoms with Crippen molar-refractivity contribution in [3.05, 3.63) is 58.9 Å². The van der Waals surface area contributed by atoms with Gasteiger partial charge >= 0.3 is 0 Å². The minimum Gasteiger partial charge on any atom is -0.496 e. The van der Waals surface area contributed by atoms with E-state index >= 15 is 0 Å². The van der Waals surface area contributed by atoms with Crippen molar-refractivity contribution in [1.82, 2.24) is 10.2 Å². The van der Waals surface area contributed by atoms with Gasteiger partial charge in [-0.3, -0.25) is 0 Å². The molecule has 0 N–H and O–H groups in total. The minimum atomic E-state index is -0.361. The molecule has 4 nitrogen and oxygen atoms in total. The van der Waals surface area contributed by atoms with Crippen LogP contribution >= 0.6 is 23.4 Å². The van der Waals surface area contributed by atoms with E-state index < -0.39 is 0 Å². The Labute approximate surface area is 141 Å². The van der Waals surface area contributed by atoms with Crippen LogP contribution < -0.4 is 4.74 Å². The Kier molecular flexibility index (Phi) is 4.83. The number of aromatic nitrogens is 2. The molecule has 3 aromatic rings. The van der Waals surface area contributed by atoms with Crippen molar-refractivity contribution in [3.63, 3.8) is 0 Å². The fourth-order valence-corrected chi connectivity index (χ4v) is 3.06. The maximum absolute atomic E-state index is 13.0. The maximum atomic E-state index is 13.0. The first-order chi connectivity index (χ1) is 11.2. The van der Waals surface area contributed by atoms with Gasteiger partial charge in [0, 0.05) is 10.8 Å². The molecule has 0 radical (unpaired) electrons. The van der Waals surface area contributed by atoms with Gasteiger partial charge in [-0.2, -0.15) is 0 Å². The van der Waals surface area contributed by atoms with E-state index in [1.807, 2.05) is 24.3 Å². The quantitative estimate of drug-likeness (QED) is 0.617. The number of halogens is 2. The van der Waals surface area contributed by atoms with Gasteiger partial charge in [0.15, 0.2) is 0 Å². The lowest BCUT2D eigenvalue weighted by atomic mass is 10.2. The van der Waals surface area contributed by atoms with Crippen LogP contribution in [-0.2, 0) is 5.75 Å². The molecule has 0 bridgehead atoms. The van der Waals surface area contributed by atoms with Crippen molar-refractivity contribution in [2.75, 3.05) is 7.11 Å². The molecule has 0 amide bonds. The number of ether oxygens (including phenoxy) is 1. The zero-order valence-electron chi connectivity index (χ0n) is 12.1. The molecule has 0 spiro atoms. The van der Waals surface area contributed by atoms with Crippen LogP contribution in [-0.4, -0.2) is 17.3 Å².